The third-order valence-corrected chi connectivity index (χ3v) is 1.56. The van der Waals surface area contributed by atoms with Gasteiger partial charge < -0.3 is 10.8 Å². The Morgan fingerprint density at radius 2 is 2.38 bits per heavy atom. The van der Waals surface area contributed by atoms with Gasteiger partial charge in [0.15, 0.2) is 0 Å². The summed E-state index contributed by atoms with van der Waals surface area (Å²) in [6, 6.07) is 1.68. The number of nitrogen functional groups attached to an aromatic ring is 1. The van der Waals surface area contributed by atoms with Crippen molar-refractivity contribution in [2.45, 2.75) is 6.61 Å². The fourth-order valence-electron chi connectivity index (χ4n) is 0.908. The van der Waals surface area contributed by atoms with Gasteiger partial charge >= 0.3 is 0 Å². The molecule has 0 aromatic carbocycles. The normalized spacial score (nSPS) is 10.5. The topological polar surface area (TPSA) is 76.2 Å². The summed E-state index contributed by atoms with van der Waals surface area (Å²) in [7, 11) is 0. The molecule has 0 unspecified atom stereocenters. The number of pyridine rings is 1. The van der Waals surface area contributed by atoms with Crippen molar-refractivity contribution in [3.05, 3.63) is 29.5 Å². The summed E-state index contributed by atoms with van der Waals surface area (Å²) in [6.45, 7) is -0.151. The zero-order valence-electron chi connectivity index (χ0n) is 6.97. The van der Waals surface area contributed by atoms with Crippen molar-refractivity contribution < 1.29 is 9.90 Å². The van der Waals surface area contributed by atoms with Crippen LogP contribution in [-0.2, 0) is 11.4 Å². The SMILES string of the molecule is Nc1ncc(C=CC=O)cc1CO. The van der Waals surface area contributed by atoms with Crippen molar-refractivity contribution >= 4 is 18.2 Å². The number of carbonyl (C=O) groups is 1. The second kappa shape index (κ2) is 4.37. The molecule has 0 amide bonds. The van der Waals surface area contributed by atoms with Crippen LogP contribution < -0.4 is 5.73 Å². The lowest BCUT2D eigenvalue weighted by Gasteiger charge is -2.01. The van der Waals surface area contributed by atoms with Gasteiger partial charge in [-0.05, 0) is 17.7 Å². The first-order chi connectivity index (χ1) is 6.27. The predicted octanol–water partition coefficient (Wildman–Crippen LogP) is 0.368. The van der Waals surface area contributed by atoms with Crippen LogP contribution in [0.3, 0.4) is 0 Å². The van der Waals surface area contributed by atoms with Gasteiger partial charge in [0.2, 0.25) is 0 Å². The van der Waals surface area contributed by atoms with Gasteiger partial charge in [-0.25, -0.2) is 4.98 Å². The molecule has 0 saturated heterocycles. The number of hydrogen-bond acceptors (Lipinski definition) is 4. The van der Waals surface area contributed by atoms with Crippen LogP contribution >= 0.6 is 0 Å². The number of aldehydes is 1. The minimum absolute atomic E-state index is 0.151. The van der Waals surface area contributed by atoms with E-state index in [9.17, 15) is 4.79 Å². The van der Waals surface area contributed by atoms with Crippen LogP contribution in [-0.4, -0.2) is 16.4 Å². The lowest BCUT2D eigenvalue weighted by Crippen LogP contribution is -1.97. The van der Waals surface area contributed by atoms with Gasteiger partial charge in [-0.1, -0.05) is 6.08 Å². The predicted molar refractivity (Wildman–Crippen MR) is 49.7 cm³/mol. The molecule has 1 aromatic rings. The Kier molecular flexibility index (Phi) is 3.16. The third kappa shape index (κ3) is 2.38. The average Bonchev–Trinajstić information content (AvgIpc) is 2.16. The second-order valence-corrected chi connectivity index (χ2v) is 2.47. The molecule has 4 heteroatoms. The van der Waals surface area contributed by atoms with Crippen LogP contribution in [0.15, 0.2) is 18.3 Å². The van der Waals surface area contributed by atoms with Gasteiger partial charge in [0.25, 0.3) is 0 Å². The highest BCUT2D eigenvalue weighted by Gasteiger charge is 1.98. The molecule has 0 bridgehead atoms. The van der Waals surface area contributed by atoms with Crippen LogP contribution in [0.1, 0.15) is 11.1 Å². The molecule has 0 atom stereocenters. The molecule has 0 aliphatic heterocycles. The quantitative estimate of drug-likeness (QED) is 0.518. The molecular formula is C9H10N2O2. The minimum atomic E-state index is -0.151. The number of anilines is 1. The van der Waals surface area contributed by atoms with E-state index in [0.29, 0.717) is 17.7 Å². The summed E-state index contributed by atoms with van der Waals surface area (Å²) in [4.78, 5) is 13.9. The molecule has 1 rings (SSSR count). The molecule has 0 aliphatic carbocycles. The van der Waals surface area contributed by atoms with E-state index in [-0.39, 0.29) is 6.61 Å². The summed E-state index contributed by atoms with van der Waals surface area (Å²) < 4.78 is 0. The van der Waals surface area contributed by atoms with E-state index in [2.05, 4.69) is 4.98 Å². The van der Waals surface area contributed by atoms with Crippen LogP contribution in [0, 0.1) is 0 Å². The molecule has 1 heterocycles. The molecular weight excluding hydrogens is 168 g/mol. The number of hydrogen-bond donors (Lipinski definition) is 2. The number of aromatic nitrogens is 1. The van der Waals surface area contributed by atoms with Gasteiger partial charge in [0.05, 0.1) is 6.61 Å². The van der Waals surface area contributed by atoms with Gasteiger partial charge in [-0.2, -0.15) is 0 Å². The van der Waals surface area contributed by atoms with Crippen LogP contribution in [0.5, 0.6) is 0 Å². The lowest BCUT2D eigenvalue weighted by atomic mass is 10.2. The molecule has 4 nitrogen and oxygen atoms in total. The maximum atomic E-state index is 10.0. The lowest BCUT2D eigenvalue weighted by molar-refractivity contribution is -0.104. The molecule has 0 saturated carbocycles. The minimum Gasteiger partial charge on any atom is -0.392 e. The number of aliphatic hydroxyl groups is 1. The first-order valence-electron chi connectivity index (χ1n) is 3.75. The van der Waals surface area contributed by atoms with Crippen LogP contribution in [0.2, 0.25) is 0 Å². The average molecular weight is 178 g/mol. The molecule has 3 N–H and O–H groups in total. The Labute approximate surface area is 75.7 Å². The Hall–Kier alpha value is -1.68. The van der Waals surface area contributed by atoms with Crippen molar-refractivity contribution in [1.82, 2.24) is 4.98 Å². The smallest absolute Gasteiger partial charge is 0.142 e. The summed E-state index contributed by atoms with van der Waals surface area (Å²) in [5.74, 6) is 0.311. The highest BCUT2D eigenvalue weighted by atomic mass is 16.3. The van der Waals surface area contributed by atoms with E-state index in [1.807, 2.05) is 0 Å². The van der Waals surface area contributed by atoms with Gasteiger partial charge in [0.1, 0.15) is 12.1 Å². The number of nitrogens with zero attached hydrogens (tertiary/aromatic N) is 1. The molecule has 0 fully saturated rings. The van der Waals surface area contributed by atoms with Gasteiger partial charge in [0, 0.05) is 11.8 Å². The summed E-state index contributed by atoms with van der Waals surface area (Å²) >= 11 is 0. The fourth-order valence-corrected chi connectivity index (χ4v) is 0.908. The zero-order valence-corrected chi connectivity index (χ0v) is 6.97. The largest absolute Gasteiger partial charge is 0.392 e. The molecule has 0 spiro atoms. The van der Waals surface area contributed by atoms with Crippen molar-refractivity contribution in [3.63, 3.8) is 0 Å². The highest BCUT2D eigenvalue weighted by Crippen LogP contribution is 2.11. The first-order valence-corrected chi connectivity index (χ1v) is 3.75. The van der Waals surface area contributed by atoms with Crippen molar-refractivity contribution in [3.8, 4) is 0 Å². The van der Waals surface area contributed by atoms with E-state index >= 15 is 0 Å². The van der Waals surface area contributed by atoms with E-state index in [1.165, 1.54) is 12.3 Å². The molecule has 13 heavy (non-hydrogen) atoms. The van der Waals surface area contributed by atoms with Crippen LogP contribution in [0.25, 0.3) is 6.08 Å². The fraction of sp³-hybridized carbons (Fsp3) is 0.111. The van der Waals surface area contributed by atoms with E-state index in [0.717, 1.165) is 5.56 Å². The van der Waals surface area contributed by atoms with Gasteiger partial charge in [-0.3, -0.25) is 4.79 Å². The number of rotatable bonds is 3. The second-order valence-electron chi connectivity index (χ2n) is 2.47. The van der Waals surface area contributed by atoms with Crippen molar-refractivity contribution in [2.24, 2.45) is 0 Å². The van der Waals surface area contributed by atoms with E-state index < -0.39 is 0 Å². The van der Waals surface area contributed by atoms with Crippen molar-refractivity contribution in [1.29, 1.82) is 0 Å². The third-order valence-electron chi connectivity index (χ3n) is 1.56. The summed E-state index contributed by atoms with van der Waals surface area (Å²) in [5, 5.41) is 8.85. The monoisotopic (exact) mass is 178 g/mol. The zero-order chi connectivity index (χ0) is 9.68. The Morgan fingerprint density at radius 1 is 1.62 bits per heavy atom. The molecule has 0 radical (unpaired) electrons. The number of nitrogens with two attached hydrogens (primary N) is 1. The van der Waals surface area contributed by atoms with Gasteiger partial charge in [-0.15, -0.1) is 0 Å². The molecule has 0 aliphatic rings. The van der Waals surface area contributed by atoms with E-state index in [4.69, 9.17) is 10.8 Å². The van der Waals surface area contributed by atoms with Crippen molar-refractivity contribution in [2.75, 3.05) is 5.73 Å². The first kappa shape index (κ1) is 9.41. The maximum Gasteiger partial charge on any atom is 0.142 e. The summed E-state index contributed by atoms with van der Waals surface area (Å²) in [6.07, 6.45) is 5.16. The maximum absolute atomic E-state index is 10.0. The molecule has 68 valence electrons. The molecule has 1 aromatic heterocycles. The van der Waals surface area contributed by atoms with E-state index in [1.54, 1.807) is 12.1 Å². The summed E-state index contributed by atoms with van der Waals surface area (Å²) in [5.41, 5.74) is 6.77. The number of carbonyl (C=O) groups excluding carboxylic acids is 1. The Morgan fingerprint density at radius 3 is 3.00 bits per heavy atom. The Bertz CT molecular complexity index is 334. The van der Waals surface area contributed by atoms with Crippen LogP contribution in [0.4, 0.5) is 5.82 Å². The highest BCUT2D eigenvalue weighted by molar-refractivity contribution is 5.73. The Balaban J connectivity index is 2.99. The standard InChI is InChI=1S/C9H10N2O2/c10-9-8(6-13)4-7(5-11-9)2-1-3-12/h1-5,13H,6H2,(H2,10,11). The number of allylic oxidation sites excluding steroid dienone is 1. The number of aliphatic hydroxyl groups excluding tert-OH is 1.